The Hall–Kier alpha value is -0.420. The Bertz CT molecular complexity index is 421. The number of unbranched alkanes of at least 4 members (excludes halogenated alkanes) is 1. The Balaban J connectivity index is 3.74. The Kier molecular flexibility index (Phi) is 18.8. The fraction of sp³-hybridized carbons (Fsp3) is 0.926. The molecule has 3 N–H and O–H groups in total. The van der Waals surface area contributed by atoms with E-state index in [1.165, 1.54) is 63.4 Å². The van der Waals surface area contributed by atoms with E-state index >= 15 is 0 Å². The maximum Gasteiger partial charge on any atom is 0.0629 e. The third-order valence-corrected chi connectivity index (χ3v) is 6.54. The Morgan fingerprint density at radius 3 is 1.81 bits per heavy atom. The van der Waals surface area contributed by atoms with Gasteiger partial charge in [0.2, 0.25) is 0 Å². The molecule has 31 heavy (non-hydrogen) atoms. The Morgan fingerprint density at radius 2 is 1.29 bits per heavy atom. The summed E-state index contributed by atoms with van der Waals surface area (Å²) in [6.07, 6.45) is 16.3. The molecule has 0 saturated heterocycles. The number of ether oxygens (including phenoxy) is 1. The standard InChI is InChI=1S/C27H54O4/c1-23(2)11-8-13-25(4)15-10-17-26(5)16-9-14-24(3)12-6-7-18-31-22-27(19-28,20-29)21-30/h12,23,25-26,28-30H,6-11,13-22H2,1-5H3. The minimum absolute atomic E-state index is 0.188. The van der Waals surface area contributed by atoms with Gasteiger partial charge in [0.15, 0.2) is 0 Å². The van der Waals surface area contributed by atoms with E-state index in [1.54, 1.807) is 0 Å². The van der Waals surface area contributed by atoms with Gasteiger partial charge in [-0.2, -0.15) is 0 Å². The highest BCUT2D eigenvalue weighted by atomic mass is 16.5. The summed E-state index contributed by atoms with van der Waals surface area (Å²) in [4.78, 5) is 0. The largest absolute Gasteiger partial charge is 0.396 e. The molecule has 0 spiro atoms. The lowest BCUT2D eigenvalue weighted by molar-refractivity contribution is -0.0579. The minimum Gasteiger partial charge on any atom is -0.396 e. The molecule has 0 aromatic heterocycles. The molecular weight excluding hydrogens is 388 g/mol. The summed E-state index contributed by atoms with van der Waals surface area (Å²) in [6.45, 7) is 11.7. The topological polar surface area (TPSA) is 69.9 Å². The van der Waals surface area contributed by atoms with E-state index in [0.717, 1.165) is 30.6 Å². The first kappa shape index (κ1) is 30.6. The van der Waals surface area contributed by atoms with E-state index in [4.69, 9.17) is 4.74 Å². The maximum atomic E-state index is 9.28. The highest BCUT2D eigenvalue weighted by Gasteiger charge is 2.28. The average molecular weight is 443 g/mol. The summed E-state index contributed by atoms with van der Waals surface area (Å²) in [5.41, 5.74) is 0.537. The average Bonchev–Trinajstić information content (AvgIpc) is 2.73. The molecule has 0 aliphatic rings. The number of aliphatic hydroxyl groups excluding tert-OH is 3. The van der Waals surface area contributed by atoms with E-state index in [-0.39, 0.29) is 26.4 Å². The molecule has 0 aromatic carbocycles. The van der Waals surface area contributed by atoms with Gasteiger partial charge in [-0.05, 0) is 50.4 Å². The highest BCUT2D eigenvalue weighted by molar-refractivity contribution is 4.97. The third kappa shape index (κ3) is 16.8. The van der Waals surface area contributed by atoms with E-state index in [2.05, 4.69) is 40.7 Å². The van der Waals surface area contributed by atoms with Crippen LogP contribution in [-0.4, -0.2) is 48.4 Å². The van der Waals surface area contributed by atoms with Crippen LogP contribution < -0.4 is 0 Å². The van der Waals surface area contributed by atoms with Gasteiger partial charge in [-0.1, -0.05) is 84.3 Å². The summed E-state index contributed by atoms with van der Waals surface area (Å²) in [5, 5.41) is 27.9. The fourth-order valence-electron chi connectivity index (χ4n) is 3.92. The van der Waals surface area contributed by atoms with Crippen LogP contribution in [-0.2, 0) is 4.74 Å². The third-order valence-electron chi connectivity index (χ3n) is 6.54. The molecule has 0 fully saturated rings. The quantitative estimate of drug-likeness (QED) is 0.148. The predicted molar refractivity (Wildman–Crippen MR) is 132 cm³/mol. The van der Waals surface area contributed by atoms with Gasteiger partial charge in [0.25, 0.3) is 0 Å². The van der Waals surface area contributed by atoms with Crippen molar-refractivity contribution in [1.29, 1.82) is 0 Å². The smallest absolute Gasteiger partial charge is 0.0629 e. The second-order valence-electron chi connectivity index (χ2n) is 10.6. The van der Waals surface area contributed by atoms with Crippen LogP contribution in [0.5, 0.6) is 0 Å². The molecule has 2 unspecified atom stereocenters. The molecule has 0 rings (SSSR count). The van der Waals surface area contributed by atoms with Crippen LogP contribution >= 0.6 is 0 Å². The maximum absolute atomic E-state index is 9.28. The summed E-state index contributed by atoms with van der Waals surface area (Å²) in [5.74, 6) is 2.55. The molecule has 0 aliphatic carbocycles. The number of rotatable bonds is 21. The van der Waals surface area contributed by atoms with Crippen LogP contribution in [0.25, 0.3) is 0 Å². The summed E-state index contributed by atoms with van der Waals surface area (Å²) >= 11 is 0. The number of hydrogen-bond donors (Lipinski definition) is 3. The van der Waals surface area contributed by atoms with Crippen LogP contribution in [0.15, 0.2) is 11.6 Å². The molecular formula is C27H54O4. The van der Waals surface area contributed by atoms with Crippen molar-refractivity contribution in [2.75, 3.05) is 33.0 Å². The fourth-order valence-corrected chi connectivity index (χ4v) is 3.92. The zero-order valence-electron chi connectivity index (χ0n) is 21.4. The summed E-state index contributed by atoms with van der Waals surface area (Å²) in [7, 11) is 0. The first-order valence-electron chi connectivity index (χ1n) is 12.8. The molecule has 0 radical (unpaired) electrons. The Labute approximate surface area is 193 Å². The van der Waals surface area contributed by atoms with E-state index in [1.807, 2.05) is 0 Å². The lowest BCUT2D eigenvalue weighted by Gasteiger charge is -2.26. The van der Waals surface area contributed by atoms with E-state index in [9.17, 15) is 15.3 Å². The molecule has 0 bridgehead atoms. The van der Waals surface area contributed by atoms with Crippen molar-refractivity contribution in [2.45, 2.75) is 105 Å². The van der Waals surface area contributed by atoms with Crippen molar-refractivity contribution in [3.05, 3.63) is 11.6 Å². The second kappa shape index (κ2) is 19.1. The minimum atomic E-state index is -0.922. The molecule has 4 nitrogen and oxygen atoms in total. The van der Waals surface area contributed by atoms with Gasteiger partial charge < -0.3 is 20.1 Å². The van der Waals surface area contributed by atoms with Crippen molar-refractivity contribution in [1.82, 2.24) is 0 Å². The summed E-state index contributed by atoms with van der Waals surface area (Å²) in [6, 6.07) is 0. The van der Waals surface area contributed by atoms with Gasteiger partial charge in [0.05, 0.1) is 31.8 Å². The van der Waals surface area contributed by atoms with Gasteiger partial charge in [-0.3, -0.25) is 0 Å². The number of allylic oxidation sites excluding steroid dienone is 2. The molecule has 0 aliphatic heterocycles. The Morgan fingerprint density at radius 1 is 0.774 bits per heavy atom. The molecule has 2 atom stereocenters. The lowest BCUT2D eigenvalue weighted by atomic mass is 9.91. The van der Waals surface area contributed by atoms with Crippen molar-refractivity contribution < 1.29 is 20.1 Å². The van der Waals surface area contributed by atoms with E-state index < -0.39 is 5.41 Å². The normalized spacial score (nSPS) is 14.9. The zero-order chi connectivity index (χ0) is 23.5. The van der Waals surface area contributed by atoms with Crippen LogP contribution in [0.2, 0.25) is 0 Å². The van der Waals surface area contributed by atoms with Crippen LogP contribution in [0, 0.1) is 23.2 Å². The molecule has 0 amide bonds. The highest BCUT2D eigenvalue weighted by Crippen LogP contribution is 2.22. The summed E-state index contributed by atoms with van der Waals surface area (Å²) < 4.78 is 5.54. The first-order chi connectivity index (χ1) is 14.8. The number of aliphatic hydroxyl groups is 3. The van der Waals surface area contributed by atoms with Gasteiger partial charge in [-0.25, -0.2) is 0 Å². The first-order valence-corrected chi connectivity index (χ1v) is 12.8. The second-order valence-corrected chi connectivity index (χ2v) is 10.6. The molecule has 0 aromatic rings. The van der Waals surface area contributed by atoms with Crippen molar-refractivity contribution in [2.24, 2.45) is 23.2 Å². The van der Waals surface area contributed by atoms with Gasteiger partial charge in [0.1, 0.15) is 0 Å². The van der Waals surface area contributed by atoms with Gasteiger partial charge in [0, 0.05) is 6.61 Å². The number of hydrogen-bond acceptors (Lipinski definition) is 4. The van der Waals surface area contributed by atoms with Crippen molar-refractivity contribution in [3.8, 4) is 0 Å². The lowest BCUT2D eigenvalue weighted by Crippen LogP contribution is -2.38. The van der Waals surface area contributed by atoms with E-state index in [0.29, 0.717) is 6.61 Å². The SMILES string of the molecule is CC(=CCCCOCC(CO)(CO)CO)CCCC(C)CCCC(C)CCCC(C)C. The monoisotopic (exact) mass is 442 g/mol. The molecule has 0 saturated carbocycles. The van der Waals surface area contributed by atoms with Crippen molar-refractivity contribution in [3.63, 3.8) is 0 Å². The molecule has 186 valence electrons. The molecule has 0 heterocycles. The zero-order valence-corrected chi connectivity index (χ0v) is 21.4. The molecule has 4 heteroatoms. The van der Waals surface area contributed by atoms with Gasteiger partial charge in [-0.15, -0.1) is 0 Å². The van der Waals surface area contributed by atoms with Crippen LogP contribution in [0.1, 0.15) is 105 Å². The predicted octanol–water partition coefficient (Wildman–Crippen LogP) is 6.13. The van der Waals surface area contributed by atoms with Crippen LogP contribution in [0.3, 0.4) is 0 Å². The van der Waals surface area contributed by atoms with Crippen molar-refractivity contribution >= 4 is 0 Å². The van der Waals surface area contributed by atoms with Crippen LogP contribution in [0.4, 0.5) is 0 Å². The van der Waals surface area contributed by atoms with Gasteiger partial charge >= 0.3 is 0 Å².